The van der Waals surface area contributed by atoms with Crippen molar-refractivity contribution in [2.24, 2.45) is 0 Å². The maximum atomic E-state index is 14.6. The number of benzene rings is 2. The van der Waals surface area contributed by atoms with Gasteiger partial charge in [0.1, 0.15) is 17.5 Å². The van der Waals surface area contributed by atoms with Crippen LogP contribution < -0.4 is 16.0 Å². The van der Waals surface area contributed by atoms with Crippen molar-refractivity contribution in [1.82, 2.24) is 10.6 Å². The van der Waals surface area contributed by atoms with E-state index in [2.05, 4.69) is 16.0 Å². The molecule has 2 aromatic rings. The number of hydrogen-bond donors (Lipinski definition) is 4. The molecule has 5 nitrogen and oxygen atoms in total. The number of carbonyl (C=O) groups excluding carboxylic acids is 1. The first-order chi connectivity index (χ1) is 15.4. The molecule has 1 aliphatic rings. The average molecular weight is 464 g/mol. The highest BCUT2D eigenvalue weighted by molar-refractivity contribution is 5.73. The van der Waals surface area contributed by atoms with Crippen LogP contribution in [0.5, 0.6) is 0 Å². The highest BCUT2D eigenvalue weighted by Crippen LogP contribution is 2.36. The normalized spacial score (nSPS) is 17.6. The average Bonchev–Trinajstić information content (AvgIpc) is 2.69. The van der Waals surface area contributed by atoms with Gasteiger partial charge in [0.25, 0.3) is 0 Å². The van der Waals surface area contributed by atoms with Gasteiger partial charge in [0.05, 0.1) is 12.1 Å². The van der Waals surface area contributed by atoms with Gasteiger partial charge >= 0.3 is 0 Å². The molecule has 0 spiro atoms. The van der Waals surface area contributed by atoms with Gasteiger partial charge in [-0.15, -0.1) is 0 Å². The Morgan fingerprint density at radius 3 is 2.42 bits per heavy atom. The summed E-state index contributed by atoms with van der Waals surface area (Å²) in [5.41, 5.74) is 2.22. The predicted molar refractivity (Wildman–Crippen MR) is 123 cm³/mol. The lowest BCUT2D eigenvalue weighted by molar-refractivity contribution is -0.120. The Morgan fingerprint density at radius 2 is 1.82 bits per heavy atom. The maximum Gasteiger partial charge on any atom is 0.217 e. The van der Waals surface area contributed by atoms with Crippen LogP contribution >= 0.6 is 0 Å². The number of nitrogens with one attached hydrogen (secondary N) is 3. The number of rotatable bonds is 7. The number of carbonyl (C=O) groups is 1. The lowest BCUT2D eigenvalue weighted by atomic mass is 9.83. The van der Waals surface area contributed by atoms with Crippen molar-refractivity contribution < 1.29 is 23.1 Å². The molecular formula is C25H32F3N3O2. The number of aliphatic hydroxyl groups excluding tert-OH is 1. The highest BCUT2D eigenvalue weighted by atomic mass is 19.1. The van der Waals surface area contributed by atoms with Gasteiger partial charge in [-0.2, -0.15) is 0 Å². The van der Waals surface area contributed by atoms with E-state index in [1.54, 1.807) is 0 Å². The molecule has 3 atom stereocenters. The minimum atomic E-state index is -1.01. The fourth-order valence-corrected chi connectivity index (χ4v) is 4.26. The smallest absolute Gasteiger partial charge is 0.217 e. The van der Waals surface area contributed by atoms with Crippen molar-refractivity contribution in [2.45, 2.75) is 64.1 Å². The van der Waals surface area contributed by atoms with E-state index in [4.69, 9.17) is 0 Å². The monoisotopic (exact) mass is 463 g/mol. The van der Waals surface area contributed by atoms with Crippen molar-refractivity contribution in [3.63, 3.8) is 0 Å². The van der Waals surface area contributed by atoms with Gasteiger partial charge in [-0.05, 0) is 59.2 Å². The lowest BCUT2D eigenvalue weighted by Gasteiger charge is -2.32. The highest BCUT2D eigenvalue weighted by Gasteiger charge is 2.28. The molecular weight excluding hydrogens is 431 g/mol. The third-order valence-corrected chi connectivity index (χ3v) is 5.88. The Labute approximate surface area is 192 Å². The summed E-state index contributed by atoms with van der Waals surface area (Å²) >= 11 is 0. The zero-order valence-corrected chi connectivity index (χ0v) is 19.4. The summed E-state index contributed by atoms with van der Waals surface area (Å²) in [5.74, 6) is -2.05. The van der Waals surface area contributed by atoms with Crippen LogP contribution in [0.25, 0.3) is 0 Å². The van der Waals surface area contributed by atoms with E-state index < -0.39 is 23.8 Å². The van der Waals surface area contributed by atoms with E-state index in [1.165, 1.54) is 25.1 Å². The molecule has 1 heterocycles. The molecule has 0 aliphatic carbocycles. The van der Waals surface area contributed by atoms with Crippen molar-refractivity contribution in [3.8, 4) is 0 Å². The summed E-state index contributed by atoms with van der Waals surface area (Å²) in [6.45, 7) is 7.96. The van der Waals surface area contributed by atoms with E-state index in [0.29, 0.717) is 23.4 Å². The summed E-state index contributed by atoms with van der Waals surface area (Å²) in [7, 11) is 0. The van der Waals surface area contributed by atoms with Gasteiger partial charge in [-0.3, -0.25) is 4.79 Å². The summed E-state index contributed by atoms with van der Waals surface area (Å²) in [6, 6.07) is 5.66. The number of anilines is 1. The van der Waals surface area contributed by atoms with Crippen LogP contribution in [0.4, 0.5) is 18.9 Å². The fraction of sp³-hybridized carbons (Fsp3) is 0.480. The third kappa shape index (κ3) is 6.48. The molecule has 0 radical (unpaired) electrons. The zero-order valence-electron chi connectivity index (χ0n) is 19.4. The molecule has 1 aliphatic heterocycles. The first kappa shape index (κ1) is 25.1. The quantitative estimate of drug-likeness (QED) is 0.502. The molecule has 3 unspecified atom stereocenters. The van der Waals surface area contributed by atoms with Crippen LogP contribution in [0.1, 0.15) is 56.8 Å². The molecule has 2 aromatic carbocycles. The molecule has 4 N–H and O–H groups in total. The minimum absolute atomic E-state index is 0.0687. The molecule has 0 bridgehead atoms. The first-order valence-corrected chi connectivity index (χ1v) is 11.2. The number of aliphatic hydroxyl groups is 1. The van der Waals surface area contributed by atoms with Crippen LogP contribution in [0.2, 0.25) is 0 Å². The standard InChI is InChI=1S/C25H32F3N3O2/c1-14(32)31-23(9-15-7-16(26)10-17(27)8-15)24(33)13-30-21-5-6-29-22-12-20(28)19(11-18(21)22)25(2,3)4/h7-8,10-12,21,23-24,29-30,33H,5-6,9,13H2,1-4H3,(H,31,32). The Morgan fingerprint density at radius 1 is 1.15 bits per heavy atom. The Bertz CT molecular complexity index is 987. The number of amides is 1. The van der Waals surface area contributed by atoms with Gasteiger partial charge in [0, 0.05) is 37.8 Å². The van der Waals surface area contributed by atoms with E-state index >= 15 is 0 Å². The molecule has 0 saturated heterocycles. The van der Waals surface area contributed by atoms with E-state index in [-0.39, 0.29) is 36.1 Å². The van der Waals surface area contributed by atoms with Gasteiger partial charge in [-0.1, -0.05) is 20.8 Å². The molecule has 180 valence electrons. The van der Waals surface area contributed by atoms with Gasteiger partial charge < -0.3 is 21.1 Å². The molecule has 1 amide bonds. The van der Waals surface area contributed by atoms with Crippen molar-refractivity contribution in [2.75, 3.05) is 18.4 Å². The van der Waals surface area contributed by atoms with Crippen molar-refractivity contribution in [1.29, 1.82) is 0 Å². The summed E-state index contributed by atoms with van der Waals surface area (Å²) in [6.07, 6.45) is -0.213. The Balaban J connectivity index is 1.75. The summed E-state index contributed by atoms with van der Waals surface area (Å²) < 4.78 is 41.8. The van der Waals surface area contributed by atoms with Crippen LogP contribution in [0.15, 0.2) is 30.3 Å². The molecule has 0 aromatic heterocycles. The van der Waals surface area contributed by atoms with Crippen LogP contribution in [0, 0.1) is 17.5 Å². The molecule has 0 fully saturated rings. The van der Waals surface area contributed by atoms with Crippen molar-refractivity contribution in [3.05, 3.63) is 64.5 Å². The van der Waals surface area contributed by atoms with Crippen molar-refractivity contribution >= 4 is 11.6 Å². The maximum absolute atomic E-state index is 14.6. The number of fused-ring (bicyclic) bond motifs is 1. The van der Waals surface area contributed by atoms with Gasteiger partial charge in [0.15, 0.2) is 0 Å². The van der Waals surface area contributed by atoms with E-state index in [9.17, 15) is 23.1 Å². The SMILES string of the molecule is CC(=O)NC(Cc1cc(F)cc(F)c1)C(O)CNC1CCNc2cc(F)c(C(C)(C)C)cc21. The van der Waals surface area contributed by atoms with E-state index in [1.807, 2.05) is 26.8 Å². The zero-order chi connectivity index (χ0) is 24.3. The fourth-order valence-electron chi connectivity index (χ4n) is 4.26. The second-order valence-electron chi connectivity index (χ2n) is 9.70. The summed E-state index contributed by atoms with van der Waals surface area (Å²) in [4.78, 5) is 11.7. The Hall–Kier alpha value is -2.58. The van der Waals surface area contributed by atoms with Crippen LogP contribution in [-0.2, 0) is 16.6 Å². The number of halogens is 3. The predicted octanol–water partition coefficient (Wildman–Crippen LogP) is 3.96. The molecule has 8 heteroatoms. The largest absolute Gasteiger partial charge is 0.390 e. The molecule has 3 rings (SSSR count). The van der Waals surface area contributed by atoms with Crippen LogP contribution in [0.3, 0.4) is 0 Å². The number of hydrogen-bond acceptors (Lipinski definition) is 4. The van der Waals surface area contributed by atoms with Gasteiger partial charge in [0.2, 0.25) is 5.91 Å². The minimum Gasteiger partial charge on any atom is -0.390 e. The second kappa shape index (κ2) is 10.1. The van der Waals surface area contributed by atoms with Gasteiger partial charge in [-0.25, -0.2) is 13.2 Å². The lowest BCUT2D eigenvalue weighted by Crippen LogP contribution is -2.48. The molecule has 0 saturated carbocycles. The molecule has 33 heavy (non-hydrogen) atoms. The van der Waals surface area contributed by atoms with Crippen LogP contribution in [-0.4, -0.2) is 36.2 Å². The summed E-state index contributed by atoms with van der Waals surface area (Å²) in [5, 5.41) is 20.0. The third-order valence-electron chi connectivity index (χ3n) is 5.88. The first-order valence-electron chi connectivity index (χ1n) is 11.2. The Kier molecular flexibility index (Phi) is 7.69. The topological polar surface area (TPSA) is 73.4 Å². The second-order valence-corrected chi connectivity index (χ2v) is 9.70. The van der Waals surface area contributed by atoms with E-state index in [0.717, 1.165) is 18.1 Å².